The Morgan fingerprint density at radius 2 is 2.21 bits per heavy atom. The average molecular weight is 191 g/mol. The van der Waals surface area contributed by atoms with Gasteiger partial charge in [-0.25, -0.2) is 0 Å². The molecule has 0 aliphatic rings. The summed E-state index contributed by atoms with van der Waals surface area (Å²) in [7, 11) is 1.68. The molecule has 1 aromatic carbocycles. The van der Waals surface area contributed by atoms with Gasteiger partial charge in [0.05, 0.1) is 7.11 Å². The third-order valence-corrected chi connectivity index (χ3v) is 2.01. The van der Waals surface area contributed by atoms with E-state index in [0.717, 1.165) is 23.6 Å². The zero-order chi connectivity index (χ0) is 10.6. The van der Waals surface area contributed by atoms with E-state index in [2.05, 4.69) is 18.8 Å². The molecule has 0 saturated heterocycles. The molecule has 0 aliphatic carbocycles. The van der Waals surface area contributed by atoms with Gasteiger partial charge < -0.3 is 10.1 Å². The van der Waals surface area contributed by atoms with Crippen LogP contribution < -0.4 is 10.1 Å². The SMILES string of the molecule is C=C(C)CNc1ccc(OC)cc1C. The monoisotopic (exact) mass is 191 g/mol. The normalized spacial score (nSPS) is 9.64. The van der Waals surface area contributed by atoms with Crippen LogP contribution >= 0.6 is 0 Å². The minimum Gasteiger partial charge on any atom is -0.497 e. The quantitative estimate of drug-likeness (QED) is 0.739. The second-order valence-electron chi connectivity index (χ2n) is 3.49. The summed E-state index contributed by atoms with van der Waals surface area (Å²) in [4.78, 5) is 0. The lowest BCUT2D eigenvalue weighted by molar-refractivity contribution is 0.414. The molecular formula is C12H17NO. The van der Waals surface area contributed by atoms with Crippen molar-refractivity contribution in [2.75, 3.05) is 19.0 Å². The van der Waals surface area contributed by atoms with Crippen molar-refractivity contribution in [3.63, 3.8) is 0 Å². The van der Waals surface area contributed by atoms with E-state index in [-0.39, 0.29) is 0 Å². The number of benzene rings is 1. The van der Waals surface area contributed by atoms with Crippen LogP contribution in [0.4, 0.5) is 5.69 Å². The van der Waals surface area contributed by atoms with Crippen LogP contribution in [0.15, 0.2) is 30.4 Å². The summed E-state index contributed by atoms with van der Waals surface area (Å²) in [6.45, 7) is 8.72. The molecule has 0 heterocycles. The Balaban J connectivity index is 2.73. The molecule has 0 radical (unpaired) electrons. The summed E-state index contributed by atoms with van der Waals surface area (Å²) in [6.07, 6.45) is 0. The molecule has 1 N–H and O–H groups in total. The van der Waals surface area contributed by atoms with E-state index >= 15 is 0 Å². The molecular weight excluding hydrogens is 174 g/mol. The van der Waals surface area contributed by atoms with Crippen LogP contribution in [-0.4, -0.2) is 13.7 Å². The fourth-order valence-electron chi connectivity index (χ4n) is 1.21. The smallest absolute Gasteiger partial charge is 0.119 e. The minimum absolute atomic E-state index is 0.813. The van der Waals surface area contributed by atoms with Crippen LogP contribution in [0.3, 0.4) is 0 Å². The molecule has 0 aliphatic heterocycles. The van der Waals surface area contributed by atoms with E-state index < -0.39 is 0 Å². The Morgan fingerprint density at radius 1 is 1.50 bits per heavy atom. The van der Waals surface area contributed by atoms with Crippen molar-refractivity contribution in [1.82, 2.24) is 0 Å². The van der Waals surface area contributed by atoms with Gasteiger partial charge in [0.2, 0.25) is 0 Å². The molecule has 0 saturated carbocycles. The lowest BCUT2D eigenvalue weighted by atomic mass is 10.2. The van der Waals surface area contributed by atoms with Crippen molar-refractivity contribution in [3.8, 4) is 5.75 Å². The summed E-state index contributed by atoms with van der Waals surface area (Å²) in [5.41, 5.74) is 3.44. The van der Waals surface area contributed by atoms with Gasteiger partial charge in [-0.3, -0.25) is 0 Å². The first-order chi connectivity index (χ1) is 6.63. The number of hydrogen-bond acceptors (Lipinski definition) is 2. The van der Waals surface area contributed by atoms with E-state index in [1.807, 2.05) is 25.1 Å². The molecule has 0 fully saturated rings. The zero-order valence-corrected chi connectivity index (χ0v) is 9.05. The Kier molecular flexibility index (Phi) is 3.57. The van der Waals surface area contributed by atoms with E-state index in [9.17, 15) is 0 Å². The molecule has 0 bridgehead atoms. The van der Waals surface area contributed by atoms with Crippen molar-refractivity contribution < 1.29 is 4.74 Å². The fraction of sp³-hybridized carbons (Fsp3) is 0.333. The molecule has 76 valence electrons. The van der Waals surface area contributed by atoms with Crippen LogP contribution in [0, 0.1) is 6.92 Å². The maximum atomic E-state index is 5.13. The molecule has 0 unspecified atom stereocenters. The summed E-state index contributed by atoms with van der Waals surface area (Å²) in [5.74, 6) is 0.892. The highest BCUT2D eigenvalue weighted by atomic mass is 16.5. The Bertz CT molecular complexity index is 331. The molecule has 1 aromatic rings. The number of methoxy groups -OCH3 is 1. The molecule has 0 spiro atoms. The maximum absolute atomic E-state index is 5.13. The average Bonchev–Trinajstić information content (AvgIpc) is 2.15. The number of ether oxygens (including phenoxy) is 1. The number of aryl methyl sites for hydroxylation is 1. The summed E-state index contributed by atoms with van der Waals surface area (Å²) in [6, 6.07) is 5.99. The third kappa shape index (κ3) is 2.80. The van der Waals surface area contributed by atoms with Crippen LogP contribution in [0.1, 0.15) is 12.5 Å². The van der Waals surface area contributed by atoms with Crippen molar-refractivity contribution in [2.24, 2.45) is 0 Å². The van der Waals surface area contributed by atoms with Crippen molar-refractivity contribution in [3.05, 3.63) is 35.9 Å². The Morgan fingerprint density at radius 3 is 2.71 bits per heavy atom. The zero-order valence-electron chi connectivity index (χ0n) is 9.05. The first-order valence-electron chi connectivity index (χ1n) is 4.66. The standard InChI is InChI=1S/C12H17NO/c1-9(2)8-13-12-6-5-11(14-4)7-10(12)3/h5-7,13H,1,8H2,2-4H3. The molecule has 2 heteroatoms. The predicted octanol–water partition coefficient (Wildman–Crippen LogP) is 2.99. The predicted molar refractivity (Wildman–Crippen MR) is 61.0 cm³/mol. The van der Waals surface area contributed by atoms with Gasteiger partial charge in [0, 0.05) is 12.2 Å². The second-order valence-corrected chi connectivity index (χ2v) is 3.49. The molecule has 1 rings (SSSR count). The van der Waals surface area contributed by atoms with Gasteiger partial charge in [-0.05, 0) is 37.6 Å². The Hall–Kier alpha value is -1.44. The largest absolute Gasteiger partial charge is 0.497 e. The van der Waals surface area contributed by atoms with Crippen LogP contribution in [0.2, 0.25) is 0 Å². The van der Waals surface area contributed by atoms with E-state index in [4.69, 9.17) is 4.74 Å². The summed E-state index contributed by atoms with van der Waals surface area (Å²) < 4.78 is 5.13. The van der Waals surface area contributed by atoms with Crippen LogP contribution in [0.5, 0.6) is 5.75 Å². The third-order valence-electron chi connectivity index (χ3n) is 2.01. The number of rotatable bonds is 4. The lowest BCUT2D eigenvalue weighted by Gasteiger charge is -2.10. The molecule has 0 atom stereocenters. The first-order valence-corrected chi connectivity index (χ1v) is 4.66. The van der Waals surface area contributed by atoms with Gasteiger partial charge in [0.25, 0.3) is 0 Å². The topological polar surface area (TPSA) is 21.3 Å². The van der Waals surface area contributed by atoms with Gasteiger partial charge in [-0.1, -0.05) is 12.2 Å². The van der Waals surface area contributed by atoms with Gasteiger partial charge in [-0.2, -0.15) is 0 Å². The highest BCUT2D eigenvalue weighted by Gasteiger charge is 1.98. The summed E-state index contributed by atoms with van der Waals surface area (Å²) in [5, 5.41) is 3.31. The molecule has 14 heavy (non-hydrogen) atoms. The van der Waals surface area contributed by atoms with Crippen molar-refractivity contribution in [2.45, 2.75) is 13.8 Å². The minimum atomic E-state index is 0.813. The second kappa shape index (κ2) is 4.70. The highest BCUT2D eigenvalue weighted by molar-refractivity contribution is 5.54. The van der Waals surface area contributed by atoms with Crippen molar-refractivity contribution in [1.29, 1.82) is 0 Å². The lowest BCUT2D eigenvalue weighted by Crippen LogP contribution is -2.03. The maximum Gasteiger partial charge on any atom is 0.119 e. The van der Waals surface area contributed by atoms with E-state index in [1.165, 1.54) is 5.56 Å². The molecule has 2 nitrogen and oxygen atoms in total. The van der Waals surface area contributed by atoms with Gasteiger partial charge >= 0.3 is 0 Å². The molecule has 0 amide bonds. The molecule has 0 aromatic heterocycles. The van der Waals surface area contributed by atoms with E-state index in [1.54, 1.807) is 7.11 Å². The number of nitrogens with one attached hydrogen (secondary N) is 1. The first kappa shape index (κ1) is 10.6. The van der Waals surface area contributed by atoms with E-state index in [0.29, 0.717) is 0 Å². The fourth-order valence-corrected chi connectivity index (χ4v) is 1.21. The number of anilines is 1. The van der Waals surface area contributed by atoms with Crippen LogP contribution in [0.25, 0.3) is 0 Å². The van der Waals surface area contributed by atoms with Crippen LogP contribution in [-0.2, 0) is 0 Å². The summed E-state index contributed by atoms with van der Waals surface area (Å²) >= 11 is 0. The van der Waals surface area contributed by atoms with Crippen molar-refractivity contribution >= 4 is 5.69 Å². The Labute approximate surface area is 85.6 Å². The van der Waals surface area contributed by atoms with Gasteiger partial charge in [0.1, 0.15) is 5.75 Å². The van der Waals surface area contributed by atoms with Gasteiger partial charge in [0.15, 0.2) is 0 Å². The number of hydrogen-bond donors (Lipinski definition) is 1. The van der Waals surface area contributed by atoms with Gasteiger partial charge in [-0.15, -0.1) is 0 Å². The highest BCUT2D eigenvalue weighted by Crippen LogP contribution is 2.20.